The molecule has 2 heterocycles. The number of hydrogen-bond donors (Lipinski definition) is 0. The average Bonchev–Trinajstić information content (AvgIpc) is 3.04. The SMILES string of the molecule is CCC(CC)S(=O)(=O)N1CCN(CCN2CCc3ccccc32)CC1. The van der Waals surface area contributed by atoms with Crippen LogP contribution in [0.25, 0.3) is 0 Å². The number of nitrogens with zero attached hydrogens (tertiary/aromatic N) is 3. The molecule has 2 aliphatic rings. The molecule has 140 valence electrons. The van der Waals surface area contributed by atoms with Gasteiger partial charge in [0, 0.05) is 51.5 Å². The van der Waals surface area contributed by atoms with E-state index in [2.05, 4.69) is 34.1 Å². The van der Waals surface area contributed by atoms with E-state index in [0.29, 0.717) is 25.9 Å². The Bertz CT molecular complexity index is 665. The van der Waals surface area contributed by atoms with E-state index in [1.807, 2.05) is 13.8 Å². The first-order valence-electron chi connectivity index (χ1n) is 9.60. The molecule has 25 heavy (non-hydrogen) atoms. The molecule has 1 aromatic carbocycles. The maximum absolute atomic E-state index is 12.7. The third-order valence-corrected chi connectivity index (χ3v) is 8.29. The third kappa shape index (κ3) is 4.01. The first-order valence-corrected chi connectivity index (χ1v) is 11.1. The normalized spacial score (nSPS) is 19.6. The van der Waals surface area contributed by atoms with Crippen LogP contribution < -0.4 is 4.90 Å². The molecule has 6 heteroatoms. The molecular formula is C19H31N3O2S. The topological polar surface area (TPSA) is 43.9 Å². The Morgan fingerprint density at radius 3 is 2.32 bits per heavy atom. The van der Waals surface area contributed by atoms with Crippen molar-refractivity contribution in [3.05, 3.63) is 29.8 Å². The van der Waals surface area contributed by atoms with Gasteiger partial charge in [-0.05, 0) is 30.9 Å². The van der Waals surface area contributed by atoms with Crippen molar-refractivity contribution in [2.24, 2.45) is 0 Å². The van der Waals surface area contributed by atoms with Crippen LogP contribution in [0.4, 0.5) is 5.69 Å². The van der Waals surface area contributed by atoms with E-state index in [-0.39, 0.29) is 5.25 Å². The lowest BCUT2D eigenvalue weighted by atomic mass is 10.2. The Morgan fingerprint density at radius 2 is 1.64 bits per heavy atom. The molecule has 0 aromatic heterocycles. The summed E-state index contributed by atoms with van der Waals surface area (Å²) in [5, 5.41) is -0.222. The second-order valence-corrected chi connectivity index (χ2v) is 9.30. The molecule has 0 aliphatic carbocycles. The minimum Gasteiger partial charge on any atom is -0.370 e. The summed E-state index contributed by atoms with van der Waals surface area (Å²) in [4.78, 5) is 4.86. The van der Waals surface area contributed by atoms with E-state index in [9.17, 15) is 8.42 Å². The van der Waals surface area contributed by atoms with Crippen LogP contribution in [0.5, 0.6) is 0 Å². The van der Waals surface area contributed by atoms with Crippen LogP contribution >= 0.6 is 0 Å². The molecule has 0 unspecified atom stereocenters. The highest BCUT2D eigenvalue weighted by Gasteiger charge is 2.32. The summed E-state index contributed by atoms with van der Waals surface area (Å²) in [7, 11) is -3.12. The van der Waals surface area contributed by atoms with E-state index < -0.39 is 10.0 Å². The molecule has 0 saturated carbocycles. The highest BCUT2D eigenvalue weighted by atomic mass is 32.2. The van der Waals surface area contributed by atoms with E-state index in [0.717, 1.165) is 39.1 Å². The van der Waals surface area contributed by atoms with Crippen molar-refractivity contribution in [3.63, 3.8) is 0 Å². The lowest BCUT2D eigenvalue weighted by Gasteiger charge is -2.36. The molecule has 1 fully saturated rings. The van der Waals surface area contributed by atoms with Gasteiger partial charge in [0.05, 0.1) is 5.25 Å². The van der Waals surface area contributed by atoms with Gasteiger partial charge >= 0.3 is 0 Å². The van der Waals surface area contributed by atoms with Crippen LogP contribution in [-0.2, 0) is 16.4 Å². The second kappa shape index (κ2) is 8.06. The van der Waals surface area contributed by atoms with Gasteiger partial charge in [0.1, 0.15) is 0 Å². The van der Waals surface area contributed by atoms with Crippen LogP contribution in [0.15, 0.2) is 24.3 Å². The van der Waals surface area contributed by atoms with Crippen LogP contribution in [0, 0.1) is 0 Å². The first-order chi connectivity index (χ1) is 12.1. The summed E-state index contributed by atoms with van der Waals surface area (Å²) in [6.07, 6.45) is 2.54. The lowest BCUT2D eigenvalue weighted by molar-refractivity contribution is 0.190. The average molecular weight is 366 g/mol. The molecule has 5 nitrogen and oxygen atoms in total. The molecule has 1 aromatic rings. The number of para-hydroxylation sites is 1. The summed E-state index contributed by atoms with van der Waals surface area (Å²) >= 11 is 0. The standard InChI is InChI=1S/C19H31N3O2S/c1-3-18(4-2)25(23,24)22-15-12-20(13-16-22)11-14-21-10-9-17-7-5-6-8-19(17)21/h5-8,18H,3-4,9-16H2,1-2H3. The van der Waals surface area contributed by atoms with Crippen LogP contribution in [0.2, 0.25) is 0 Å². The second-order valence-electron chi connectivity index (χ2n) is 7.09. The van der Waals surface area contributed by atoms with Gasteiger partial charge in [0.15, 0.2) is 0 Å². The first kappa shape index (κ1) is 18.7. The van der Waals surface area contributed by atoms with Crippen LogP contribution in [-0.4, -0.2) is 68.7 Å². The molecule has 0 atom stereocenters. The molecule has 1 saturated heterocycles. The van der Waals surface area contributed by atoms with Gasteiger partial charge in [0.25, 0.3) is 0 Å². The molecule has 2 aliphatic heterocycles. The Morgan fingerprint density at radius 1 is 0.960 bits per heavy atom. The number of sulfonamides is 1. The van der Waals surface area contributed by atoms with E-state index in [4.69, 9.17) is 0 Å². The van der Waals surface area contributed by atoms with Crippen LogP contribution in [0.1, 0.15) is 32.3 Å². The molecule has 0 bridgehead atoms. The number of hydrogen-bond acceptors (Lipinski definition) is 4. The third-order valence-electron chi connectivity index (χ3n) is 5.69. The van der Waals surface area contributed by atoms with Gasteiger partial charge in [0.2, 0.25) is 10.0 Å². The number of fused-ring (bicyclic) bond motifs is 1. The van der Waals surface area contributed by atoms with Gasteiger partial charge in [-0.15, -0.1) is 0 Å². The Hall–Kier alpha value is -1.11. The van der Waals surface area contributed by atoms with Crippen molar-refractivity contribution in [1.29, 1.82) is 0 Å². The zero-order valence-corrected chi connectivity index (χ0v) is 16.3. The summed E-state index contributed by atoms with van der Waals surface area (Å²) in [5.74, 6) is 0. The minimum atomic E-state index is -3.12. The zero-order chi connectivity index (χ0) is 17.9. The molecule has 0 spiro atoms. The fraction of sp³-hybridized carbons (Fsp3) is 0.684. The largest absolute Gasteiger partial charge is 0.370 e. The lowest BCUT2D eigenvalue weighted by Crippen LogP contribution is -2.52. The molecule has 3 rings (SSSR count). The van der Waals surface area contributed by atoms with Crippen molar-refractivity contribution in [2.45, 2.75) is 38.4 Å². The minimum absolute atomic E-state index is 0.222. The van der Waals surface area contributed by atoms with E-state index >= 15 is 0 Å². The van der Waals surface area contributed by atoms with Crippen LogP contribution in [0.3, 0.4) is 0 Å². The molecule has 0 N–H and O–H groups in total. The van der Waals surface area contributed by atoms with Gasteiger partial charge in [-0.3, -0.25) is 4.90 Å². The Kier molecular flexibility index (Phi) is 6.02. The summed E-state index contributed by atoms with van der Waals surface area (Å²) in [5.41, 5.74) is 2.82. The van der Waals surface area contributed by atoms with Crippen molar-refractivity contribution in [3.8, 4) is 0 Å². The zero-order valence-electron chi connectivity index (χ0n) is 15.5. The van der Waals surface area contributed by atoms with E-state index in [1.54, 1.807) is 4.31 Å². The van der Waals surface area contributed by atoms with Gasteiger partial charge in [-0.2, -0.15) is 4.31 Å². The number of anilines is 1. The van der Waals surface area contributed by atoms with Gasteiger partial charge < -0.3 is 4.90 Å². The monoisotopic (exact) mass is 365 g/mol. The smallest absolute Gasteiger partial charge is 0.217 e. The number of rotatable bonds is 7. The van der Waals surface area contributed by atoms with Crippen molar-refractivity contribution in [1.82, 2.24) is 9.21 Å². The highest BCUT2D eigenvalue weighted by Crippen LogP contribution is 2.27. The van der Waals surface area contributed by atoms with Crippen molar-refractivity contribution < 1.29 is 8.42 Å². The summed E-state index contributed by atoms with van der Waals surface area (Å²) in [6, 6.07) is 8.65. The van der Waals surface area contributed by atoms with Crippen molar-refractivity contribution in [2.75, 3.05) is 50.7 Å². The van der Waals surface area contributed by atoms with Gasteiger partial charge in [-0.25, -0.2) is 8.42 Å². The van der Waals surface area contributed by atoms with Crippen molar-refractivity contribution >= 4 is 15.7 Å². The number of piperazine rings is 1. The summed E-state index contributed by atoms with van der Waals surface area (Å²) in [6.45, 7) is 10.0. The summed E-state index contributed by atoms with van der Waals surface area (Å²) < 4.78 is 27.0. The highest BCUT2D eigenvalue weighted by molar-refractivity contribution is 7.89. The Balaban J connectivity index is 1.49. The fourth-order valence-electron chi connectivity index (χ4n) is 4.03. The Labute approximate surface area is 152 Å². The maximum Gasteiger partial charge on any atom is 0.217 e. The molecule has 0 radical (unpaired) electrons. The molecular weight excluding hydrogens is 334 g/mol. The van der Waals surface area contributed by atoms with E-state index in [1.165, 1.54) is 11.3 Å². The predicted molar refractivity (Wildman–Crippen MR) is 104 cm³/mol. The van der Waals surface area contributed by atoms with Gasteiger partial charge in [-0.1, -0.05) is 32.0 Å². The maximum atomic E-state index is 12.7. The predicted octanol–water partition coefficient (Wildman–Crippen LogP) is 2.19. The molecule has 0 amide bonds. The quantitative estimate of drug-likeness (QED) is 0.743. The fourth-order valence-corrected chi connectivity index (χ4v) is 5.97. The number of benzene rings is 1.